The molecule has 130 valence electrons. The molecule has 0 N–H and O–H groups in total. The van der Waals surface area contributed by atoms with E-state index in [0.717, 1.165) is 51.1 Å². The Bertz CT molecular complexity index is 712. The minimum absolute atomic E-state index is 0.0891. The highest BCUT2D eigenvalue weighted by Crippen LogP contribution is 2.32. The van der Waals surface area contributed by atoms with Gasteiger partial charge >= 0.3 is 0 Å². The molecule has 0 spiro atoms. The number of carbonyl (C=O) groups is 2. The summed E-state index contributed by atoms with van der Waals surface area (Å²) >= 11 is 0. The van der Waals surface area contributed by atoms with Crippen LogP contribution < -0.4 is 4.90 Å². The van der Waals surface area contributed by atoms with Gasteiger partial charge in [0.05, 0.1) is 17.7 Å². The van der Waals surface area contributed by atoms with Gasteiger partial charge in [-0.05, 0) is 43.5 Å². The van der Waals surface area contributed by atoms with Crippen molar-refractivity contribution in [2.75, 3.05) is 37.6 Å². The van der Waals surface area contributed by atoms with Crippen LogP contribution in [0.15, 0.2) is 24.3 Å². The van der Waals surface area contributed by atoms with E-state index in [9.17, 15) is 9.59 Å². The molecule has 2 saturated heterocycles. The van der Waals surface area contributed by atoms with Crippen molar-refractivity contribution in [3.63, 3.8) is 0 Å². The van der Waals surface area contributed by atoms with Crippen LogP contribution in [0.3, 0.4) is 0 Å². The molecule has 0 unspecified atom stereocenters. The number of piperazine rings is 1. The van der Waals surface area contributed by atoms with E-state index in [1.807, 2.05) is 21.9 Å². The summed E-state index contributed by atoms with van der Waals surface area (Å²) in [7, 11) is 0. The fraction of sp³-hybridized carbons (Fsp3) is 0.526. The first-order valence-corrected chi connectivity index (χ1v) is 9.02. The third-order valence-corrected chi connectivity index (χ3v) is 5.48. The van der Waals surface area contributed by atoms with Crippen LogP contribution in [0.25, 0.3) is 0 Å². The molecule has 3 aliphatic rings. The molecule has 0 aromatic heterocycles. The van der Waals surface area contributed by atoms with E-state index in [1.165, 1.54) is 0 Å². The predicted molar refractivity (Wildman–Crippen MR) is 92.8 cm³/mol. The number of hydrogen-bond donors (Lipinski definition) is 0. The Morgan fingerprint density at radius 3 is 2.28 bits per heavy atom. The molecule has 0 bridgehead atoms. The van der Waals surface area contributed by atoms with Crippen molar-refractivity contribution in [2.45, 2.75) is 25.3 Å². The largest absolute Gasteiger partial charge is 0.340 e. The number of nitriles is 1. The lowest BCUT2D eigenvalue weighted by molar-refractivity contribution is -0.135. The number of nitrogens with zero attached hydrogens (tertiary/aromatic N) is 4. The average molecular weight is 338 g/mol. The molecule has 2 amide bonds. The Labute approximate surface area is 147 Å². The molecule has 6 heteroatoms. The van der Waals surface area contributed by atoms with Crippen molar-refractivity contribution in [2.24, 2.45) is 5.92 Å². The summed E-state index contributed by atoms with van der Waals surface area (Å²) in [5, 5.41) is 8.89. The van der Waals surface area contributed by atoms with Gasteiger partial charge in [-0.3, -0.25) is 14.5 Å². The SMILES string of the molecule is N#Cc1ccc(N2CC[C@H](N3CCN(C(=O)C4CC4)CC3)C2=O)cc1. The lowest BCUT2D eigenvalue weighted by Crippen LogP contribution is -2.54. The average Bonchev–Trinajstić information content (AvgIpc) is 3.44. The lowest BCUT2D eigenvalue weighted by Gasteiger charge is -2.37. The molecular weight excluding hydrogens is 316 g/mol. The zero-order valence-corrected chi connectivity index (χ0v) is 14.2. The van der Waals surface area contributed by atoms with E-state index in [0.29, 0.717) is 18.0 Å². The lowest BCUT2D eigenvalue weighted by atomic mass is 10.1. The molecule has 1 aliphatic carbocycles. The normalized spacial score (nSPS) is 24.4. The zero-order valence-electron chi connectivity index (χ0n) is 14.2. The van der Waals surface area contributed by atoms with Crippen LogP contribution in [0.1, 0.15) is 24.8 Å². The van der Waals surface area contributed by atoms with E-state index >= 15 is 0 Å². The van der Waals surface area contributed by atoms with Crippen LogP contribution in [-0.4, -0.2) is 60.4 Å². The Morgan fingerprint density at radius 2 is 1.68 bits per heavy atom. The van der Waals surface area contributed by atoms with Crippen LogP contribution in [0, 0.1) is 17.2 Å². The van der Waals surface area contributed by atoms with E-state index in [-0.39, 0.29) is 17.9 Å². The number of rotatable bonds is 3. The summed E-state index contributed by atoms with van der Waals surface area (Å²) in [5.74, 6) is 0.704. The molecular formula is C19H22N4O2. The highest BCUT2D eigenvalue weighted by atomic mass is 16.2. The second kappa shape index (κ2) is 6.49. The van der Waals surface area contributed by atoms with Gasteiger partial charge in [-0.25, -0.2) is 0 Å². The van der Waals surface area contributed by atoms with E-state index in [2.05, 4.69) is 11.0 Å². The van der Waals surface area contributed by atoms with Crippen LogP contribution in [-0.2, 0) is 9.59 Å². The Kier molecular flexibility index (Phi) is 4.18. The molecule has 1 saturated carbocycles. The second-order valence-corrected chi connectivity index (χ2v) is 7.09. The van der Waals surface area contributed by atoms with Crippen molar-refractivity contribution < 1.29 is 9.59 Å². The second-order valence-electron chi connectivity index (χ2n) is 7.09. The van der Waals surface area contributed by atoms with Crippen molar-refractivity contribution in [3.05, 3.63) is 29.8 Å². The smallest absolute Gasteiger partial charge is 0.244 e. The van der Waals surface area contributed by atoms with Crippen LogP contribution in [0.4, 0.5) is 5.69 Å². The van der Waals surface area contributed by atoms with E-state index < -0.39 is 0 Å². The first-order chi connectivity index (χ1) is 12.2. The van der Waals surface area contributed by atoms with Crippen LogP contribution in [0.5, 0.6) is 0 Å². The molecule has 6 nitrogen and oxygen atoms in total. The number of amides is 2. The monoisotopic (exact) mass is 338 g/mol. The molecule has 25 heavy (non-hydrogen) atoms. The van der Waals surface area contributed by atoms with Gasteiger partial charge in [0.15, 0.2) is 0 Å². The minimum atomic E-state index is -0.0891. The maximum atomic E-state index is 12.8. The van der Waals surface area contributed by atoms with Crippen LogP contribution >= 0.6 is 0 Å². The number of benzene rings is 1. The third kappa shape index (κ3) is 3.12. The number of anilines is 1. The van der Waals surface area contributed by atoms with E-state index in [4.69, 9.17) is 5.26 Å². The first kappa shape index (κ1) is 16.1. The molecule has 1 aromatic carbocycles. The van der Waals surface area contributed by atoms with Crippen molar-refractivity contribution in [1.82, 2.24) is 9.80 Å². The Hall–Kier alpha value is -2.39. The summed E-state index contributed by atoms with van der Waals surface area (Å²) in [6.07, 6.45) is 2.90. The van der Waals surface area contributed by atoms with Crippen molar-refractivity contribution >= 4 is 17.5 Å². The Morgan fingerprint density at radius 1 is 1.00 bits per heavy atom. The van der Waals surface area contributed by atoms with Crippen molar-refractivity contribution in [1.29, 1.82) is 5.26 Å². The van der Waals surface area contributed by atoms with Crippen LogP contribution in [0.2, 0.25) is 0 Å². The quantitative estimate of drug-likeness (QED) is 0.831. The molecule has 2 heterocycles. The zero-order chi connectivity index (χ0) is 17.4. The topological polar surface area (TPSA) is 67.7 Å². The molecule has 1 aromatic rings. The maximum absolute atomic E-state index is 12.8. The summed E-state index contributed by atoms with van der Waals surface area (Å²) in [4.78, 5) is 31.0. The third-order valence-electron chi connectivity index (χ3n) is 5.48. The predicted octanol–water partition coefficient (Wildman–Crippen LogP) is 1.22. The molecule has 2 aliphatic heterocycles. The summed E-state index contributed by atoms with van der Waals surface area (Å²) in [6, 6.07) is 9.18. The van der Waals surface area contributed by atoms with Gasteiger partial charge < -0.3 is 9.80 Å². The summed E-state index contributed by atoms with van der Waals surface area (Å²) in [6.45, 7) is 3.72. The maximum Gasteiger partial charge on any atom is 0.244 e. The molecule has 1 atom stereocenters. The number of carbonyl (C=O) groups excluding carboxylic acids is 2. The highest BCUT2D eigenvalue weighted by Gasteiger charge is 2.40. The van der Waals surface area contributed by atoms with Gasteiger partial charge in [0, 0.05) is 44.3 Å². The van der Waals surface area contributed by atoms with Gasteiger partial charge in [0.2, 0.25) is 11.8 Å². The molecule has 3 fully saturated rings. The molecule has 0 radical (unpaired) electrons. The fourth-order valence-electron chi connectivity index (χ4n) is 3.82. The van der Waals surface area contributed by atoms with Gasteiger partial charge in [-0.2, -0.15) is 5.26 Å². The minimum Gasteiger partial charge on any atom is -0.340 e. The fourth-order valence-corrected chi connectivity index (χ4v) is 3.82. The van der Waals surface area contributed by atoms with Crippen molar-refractivity contribution in [3.8, 4) is 6.07 Å². The summed E-state index contributed by atoms with van der Waals surface area (Å²) < 4.78 is 0. The molecule has 4 rings (SSSR count). The highest BCUT2D eigenvalue weighted by molar-refractivity contribution is 5.99. The first-order valence-electron chi connectivity index (χ1n) is 9.02. The summed E-state index contributed by atoms with van der Waals surface area (Å²) in [5.41, 5.74) is 1.46. The standard InChI is InChI=1S/C19H22N4O2/c20-13-14-1-5-16(6-2-14)23-8-7-17(19(23)25)21-9-11-22(12-10-21)18(24)15-3-4-15/h1-2,5-6,15,17H,3-4,7-12H2/t17-/m0/s1. The van der Waals surface area contributed by atoms with Gasteiger partial charge in [-0.1, -0.05) is 0 Å². The number of hydrogen-bond acceptors (Lipinski definition) is 4. The van der Waals surface area contributed by atoms with Gasteiger partial charge in [-0.15, -0.1) is 0 Å². The van der Waals surface area contributed by atoms with Gasteiger partial charge in [0.25, 0.3) is 0 Å². The van der Waals surface area contributed by atoms with Gasteiger partial charge in [0.1, 0.15) is 0 Å². The van der Waals surface area contributed by atoms with E-state index in [1.54, 1.807) is 12.1 Å². The Balaban J connectivity index is 1.37.